The van der Waals surface area contributed by atoms with Crippen LogP contribution in [-0.4, -0.2) is 38.8 Å². The third-order valence-electron chi connectivity index (χ3n) is 2.11. The highest BCUT2D eigenvalue weighted by atomic mass is 32.1. The molecule has 1 rings (SSSR count). The summed E-state index contributed by atoms with van der Waals surface area (Å²) in [7, 11) is 3.67. The Morgan fingerprint density at radius 3 is 3.00 bits per heavy atom. The van der Waals surface area contributed by atoms with Gasteiger partial charge in [-0.2, -0.15) is 0 Å². The van der Waals surface area contributed by atoms with Crippen LogP contribution in [0.2, 0.25) is 0 Å². The van der Waals surface area contributed by atoms with Crippen molar-refractivity contribution in [3.05, 3.63) is 11.1 Å². The molecule has 5 heteroatoms. The highest BCUT2D eigenvalue weighted by Crippen LogP contribution is 2.21. The second-order valence-corrected chi connectivity index (χ2v) is 4.31. The summed E-state index contributed by atoms with van der Waals surface area (Å²) in [6, 6.07) is 0. The average Bonchev–Trinajstić information content (AvgIpc) is 2.68. The summed E-state index contributed by atoms with van der Waals surface area (Å²) in [4.78, 5) is 7.90. The molecule has 1 aromatic rings. The molecule has 0 unspecified atom stereocenters. The Morgan fingerprint density at radius 2 is 2.40 bits per heavy atom. The van der Waals surface area contributed by atoms with E-state index in [4.69, 9.17) is 4.74 Å². The molecule has 0 aliphatic heterocycles. The van der Waals surface area contributed by atoms with Crippen molar-refractivity contribution in [2.45, 2.75) is 13.5 Å². The summed E-state index contributed by atoms with van der Waals surface area (Å²) in [5, 5.41) is 4.21. The van der Waals surface area contributed by atoms with Crippen LogP contribution >= 0.6 is 11.3 Å². The van der Waals surface area contributed by atoms with Gasteiger partial charge in [0.2, 0.25) is 0 Å². The van der Waals surface area contributed by atoms with E-state index in [9.17, 15) is 0 Å². The van der Waals surface area contributed by atoms with Crippen molar-refractivity contribution in [2.75, 3.05) is 38.8 Å². The summed E-state index contributed by atoms with van der Waals surface area (Å²) in [6.45, 7) is 5.64. The van der Waals surface area contributed by atoms with E-state index < -0.39 is 0 Å². The Balaban J connectivity index is 2.57. The number of nitrogens with zero attached hydrogens (tertiary/aromatic N) is 2. The topological polar surface area (TPSA) is 37.4 Å². The third kappa shape index (κ3) is 3.77. The van der Waals surface area contributed by atoms with Gasteiger partial charge in [-0.1, -0.05) is 0 Å². The van der Waals surface area contributed by atoms with Crippen molar-refractivity contribution in [3.63, 3.8) is 0 Å². The number of rotatable bonds is 7. The molecule has 0 saturated carbocycles. The number of likely N-dealkylation sites (N-methyl/N-ethyl adjacent to an activating group) is 1. The predicted octanol–water partition coefficient (Wildman–Crippen LogP) is 1.34. The number of anilines is 1. The Bertz CT molecular complexity index is 277. The second kappa shape index (κ2) is 6.76. The van der Waals surface area contributed by atoms with Gasteiger partial charge in [0, 0.05) is 37.8 Å². The van der Waals surface area contributed by atoms with Gasteiger partial charge in [0.05, 0.1) is 6.61 Å². The predicted molar refractivity (Wildman–Crippen MR) is 64.6 cm³/mol. The fraction of sp³-hybridized carbons (Fsp3) is 0.700. The molecule has 0 amide bonds. The number of hydrogen-bond acceptors (Lipinski definition) is 5. The Hall–Kier alpha value is -0.650. The first-order chi connectivity index (χ1) is 7.31. The molecule has 15 heavy (non-hydrogen) atoms. The highest BCUT2D eigenvalue weighted by Gasteiger charge is 2.08. The van der Waals surface area contributed by atoms with Crippen molar-refractivity contribution in [2.24, 2.45) is 0 Å². The molecule has 0 spiro atoms. The summed E-state index contributed by atoms with van der Waals surface area (Å²) in [5.74, 6) is 0. The van der Waals surface area contributed by atoms with Crippen LogP contribution < -0.4 is 10.2 Å². The molecule has 1 heterocycles. The van der Waals surface area contributed by atoms with Gasteiger partial charge in [-0.25, -0.2) is 4.98 Å². The number of thiazole rings is 1. The lowest BCUT2D eigenvalue weighted by molar-refractivity contribution is 0.205. The van der Waals surface area contributed by atoms with E-state index in [1.54, 1.807) is 18.4 Å². The highest BCUT2D eigenvalue weighted by molar-refractivity contribution is 7.15. The zero-order valence-electron chi connectivity index (χ0n) is 9.62. The Morgan fingerprint density at radius 1 is 1.60 bits per heavy atom. The zero-order valence-corrected chi connectivity index (χ0v) is 10.4. The first kappa shape index (κ1) is 12.4. The SMILES string of the molecule is CCN(CCOC)c1ncc(CNC)s1. The molecular formula is C10H19N3OS. The quantitative estimate of drug-likeness (QED) is 0.765. The lowest BCUT2D eigenvalue weighted by atomic mass is 10.5. The molecule has 0 radical (unpaired) electrons. The monoisotopic (exact) mass is 229 g/mol. The molecule has 1 N–H and O–H groups in total. The smallest absolute Gasteiger partial charge is 0.185 e. The van der Waals surface area contributed by atoms with Crippen LogP contribution in [0.4, 0.5) is 5.13 Å². The fourth-order valence-corrected chi connectivity index (χ4v) is 2.30. The minimum atomic E-state index is 0.745. The molecule has 0 bridgehead atoms. The molecule has 0 aliphatic rings. The average molecular weight is 229 g/mol. The number of nitrogens with one attached hydrogen (secondary N) is 1. The number of ether oxygens (including phenoxy) is 1. The third-order valence-corrected chi connectivity index (χ3v) is 3.17. The van der Waals surface area contributed by atoms with Gasteiger partial charge in [-0.05, 0) is 14.0 Å². The minimum absolute atomic E-state index is 0.745. The maximum Gasteiger partial charge on any atom is 0.185 e. The van der Waals surface area contributed by atoms with E-state index >= 15 is 0 Å². The van der Waals surface area contributed by atoms with Crippen LogP contribution in [0.5, 0.6) is 0 Å². The van der Waals surface area contributed by atoms with Crippen molar-refractivity contribution >= 4 is 16.5 Å². The molecule has 0 aliphatic carbocycles. The lowest BCUT2D eigenvalue weighted by Crippen LogP contribution is -2.26. The lowest BCUT2D eigenvalue weighted by Gasteiger charge is -2.18. The molecule has 0 fully saturated rings. The number of aromatic nitrogens is 1. The van der Waals surface area contributed by atoms with E-state index in [0.29, 0.717) is 0 Å². The van der Waals surface area contributed by atoms with Crippen LogP contribution in [0.1, 0.15) is 11.8 Å². The number of hydrogen-bond donors (Lipinski definition) is 1. The van der Waals surface area contributed by atoms with Gasteiger partial charge in [-0.3, -0.25) is 0 Å². The maximum atomic E-state index is 5.07. The first-order valence-corrected chi connectivity index (χ1v) is 5.96. The molecule has 4 nitrogen and oxygen atoms in total. The molecular weight excluding hydrogens is 210 g/mol. The zero-order chi connectivity index (χ0) is 11.1. The van der Waals surface area contributed by atoms with Crippen LogP contribution in [0.3, 0.4) is 0 Å². The van der Waals surface area contributed by atoms with Crippen molar-refractivity contribution in [3.8, 4) is 0 Å². The van der Waals surface area contributed by atoms with Gasteiger partial charge in [0.25, 0.3) is 0 Å². The van der Waals surface area contributed by atoms with E-state index in [2.05, 4.69) is 22.1 Å². The fourth-order valence-electron chi connectivity index (χ4n) is 1.29. The van der Waals surface area contributed by atoms with Crippen LogP contribution in [-0.2, 0) is 11.3 Å². The number of methoxy groups -OCH3 is 1. The molecule has 0 atom stereocenters. The van der Waals surface area contributed by atoms with E-state index in [1.165, 1.54) is 4.88 Å². The Labute approximate surface area is 95.3 Å². The maximum absolute atomic E-state index is 5.07. The molecule has 1 aromatic heterocycles. The molecule has 86 valence electrons. The van der Waals surface area contributed by atoms with Gasteiger partial charge in [0.1, 0.15) is 0 Å². The van der Waals surface area contributed by atoms with E-state index in [-0.39, 0.29) is 0 Å². The van der Waals surface area contributed by atoms with Crippen molar-refractivity contribution in [1.82, 2.24) is 10.3 Å². The standard InChI is InChI=1S/C10H19N3OS/c1-4-13(5-6-14-3)10-12-8-9(15-10)7-11-2/h8,11H,4-7H2,1-3H3. The van der Waals surface area contributed by atoms with Crippen LogP contribution in [0, 0.1) is 0 Å². The van der Waals surface area contributed by atoms with Crippen molar-refractivity contribution in [1.29, 1.82) is 0 Å². The summed E-state index contributed by atoms with van der Waals surface area (Å²) in [6.07, 6.45) is 1.94. The summed E-state index contributed by atoms with van der Waals surface area (Å²) in [5.41, 5.74) is 0. The normalized spacial score (nSPS) is 10.6. The van der Waals surface area contributed by atoms with Gasteiger partial charge >= 0.3 is 0 Å². The molecule has 0 aromatic carbocycles. The first-order valence-electron chi connectivity index (χ1n) is 5.15. The molecule has 0 saturated heterocycles. The van der Waals surface area contributed by atoms with Crippen LogP contribution in [0.15, 0.2) is 6.20 Å². The van der Waals surface area contributed by atoms with Gasteiger partial charge in [-0.15, -0.1) is 11.3 Å². The van der Waals surface area contributed by atoms with Crippen LogP contribution in [0.25, 0.3) is 0 Å². The van der Waals surface area contributed by atoms with Gasteiger partial charge < -0.3 is 15.0 Å². The van der Waals surface area contributed by atoms with Gasteiger partial charge in [0.15, 0.2) is 5.13 Å². The Kier molecular flexibility index (Phi) is 5.60. The van der Waals surface area contributed by atoms with E-state index in [0.717, 1.165) is 31.4 Å². The minimum Gasteiger partial charge on any atom is -0.383 e. The summed E-state index contributed by atoms with van der Waals surface area (Å²) >= 11 is 1.74. The largest absolute Gasteiger partial charge is 0.383 e. The van der Waals surface area contributed by atoms with Crippen molar-refractivity contribution < 1.29 is 4.74 Å². The second-order valence-electron chi connectivity index (χ2n) is 3.21. The van der Waals surface area contributed by atoms with E-state index in [1.807, 2.05) is 13.2 Å². The summed E-state index contributed by atoms with van der Waals surface area (Å²) < 4.78 is 5.07.